The number of hydrogen-bond donors (Lipinski definition) is 1. The number of amides is 1. The van der Waals surface area contributed by atoms with Gasteiger partial charge in [-0.15, -0.1) is 0 Å². The summed E-state index contributed by atoms with van der Waals surface area (Å²) in [7, 11) is 0. The number of ether oxygens (including phenoxy) is 2. The third kappa shape index (κ3) is 5.48. The monoisotopic (exact) mass is 451 g/mol. The van der Waals surface area contributed by atoms with Gasteiger partial charge in [0.25, 0.3) is 5.91 Å². The molecular weight excluding hydrogens is 414 g/mol. The largest absolute Gasteiger partial charge is 0.388 e. The van der Waals surface area contributed by atoms with E-state index in [1.165, 1.54) is 5.56 Å². The topological polar surface area (TPSA) is 59.0 Å². The first kappa shape index (κ1) is 23.9. The third-order valence-corrected chi connectivity index (χ3v) is 7.14. The fourth-order valence-electron chi connectivity index (χ4n) is 5.20. The highest BCUT2D eigenvalue weighted by Crippen LogP contribution is 2.44. The van der Waals surface area contributed by atoms with Crippen LogP contribution in [0.1, 0.15) is 80.1 Å². The number of piperidine rings is 1. The van der Waals surface area contributed by atoms with Crippen molar-refractivity contribution >= 4 is 5.91 Å². The van der Waals surface area contributed by atoms with Crippen LogP contribution in [-0.2, 0) is 9.47 Å². The molecule has 1 amide bonds. The molecule has 33 heavy (non-hydrogen) atoms. The third-order valence-electron chi connectivity index (χ3n) is 7.14. The Bertz CT molecular complexity index is 903. The van der Waals surface area contributed by atoms with Gasteiger partial charge >= 0.3 is 0 Å². The van der Waals surface area contributed by atoms with Crippen LogP contribution in [0.4, 0.5) is 0 Å². The number of likely N-dealkylation sites (tertiary alicyclic amines) is 1. The second kappa shape index (κ2) is 10.4. The Hall–Kier alpha value is -2.21. The number of carbonyl (C=O) groups is 1. The molecule has 1 N–H and O–H groups in total. The Morgan fingerprint density at radius 1 is 1.12 bits per heavy atom. The van der Waals surface area contributed by atoms with Crippen LogP contribution in [0, 0.1) is 5.92 Å². The van der Waals surface area contributed by atoms with Crippen LogP contribution >= 0.6 is 0 Å². The molecule has 0 bridgehead atoms. The predicted octanol–water partition coefficient (Wildman–Crippen LogP) is 5.31. The van der Waals surface area contributed by atoms with Gasteiger partial charge in [0.05, 0.1) is 23.9 Å². The van der Waals surface area contributed by atoms with Gasteiger partial charge < -0.3 is 19.5 Å². The molecule has 178 valence electrons. The minimum absolute atomic E-state index is 0.0266. The van der Waals surface area contributed by atoms with Crippen molar-refractivity contribution in [3.63, 3.8) is 0 Å². The predicted molar refractivity (Wildman–Crippen MR) is 129 cm³/mol. The van der Waals surface area contributed by atoms with Crippen LogP contribution in [0.3, 0.4) is 0 Å². The molecule has 0 aromatic heterocycles. The van der Waals surface area contributed by atoms with Gasteiger partial charge in [0.15, 0.2) is 0 Å². The second-order valence-corrected chi connectivity index (χ2v) is 9.82. The molecule has 0 aliphatic carbocycles. The van der Waals surface area contributed by atoms with Crippen molar-refractivity contribution < 1.29 is 19.4 Å². The molecule has 4 rings (SSSR count). The summed E-state index contributed by atoms with van der Waals surface area (Å²) in [5.41, 5.74) is 2.47. The van der Waals surface area contributed by atoms with Gasteiger partial charge in [-0.1, -0.05) is 56.3 Å². The lowest BCUT2D eigenvalue weighted by molar-refractivity contribution is -0.190. The molecule has 3 atom stereocenters. The van der Waals surface area contributed by atoms with Crippen LogP contribution in [0.25, 0.3) is 0 Å². The SMILES string of the molecule is CCOC1CC(c2ccccc2)OC2(CCN(C(=O)c3ccc(C(O)C(C)C)cc3)CC2)C1. The van der Waals surface area contributed by atoms with Crippen molar-refractivity contribution in [1.82, 2.24) is 4.90 Å². The molecule has 1 spiro atoms. The van der Waals surface area contributed by atoms with Gasteiger partial charge in [0.1, 0.15) is 0 Å². The first-order chi connectivity index (χ1) is 15.9. The van der Waals surface area contributed by atoms with E-state index in [4.69, 9.17) is 9.47 Å². The molecule has 2 aliphatic rings. The van der Waals surface area contributed by atoms with Crippen molar-refractivity contribution in [3.05, 3.63) is 71.3 Å². The Morgan fingerprint density at radius 2 is 1.79 bits per heavy atom. The van der Waals surface area contributed by atoms with Gasteiger partial charge in [0.2, 0.25) is 0 Å². The van der Waals surface area contributed by atoms with Gasteiger partial charge in [-0.2, -0.15) is 0 Å². The molecule has 0 radical (unpaired) electrons. The molecule has 2 fully saturated rings. The van der Waals surface area contributed by atoms with Gasteiger partial charge in [-0.25, -0.2) is 0 Å². The Balaban J connectivity index is 1.42. The molecular formula is C28H37NO4. The maximum atomic E-state index is 13.1. The molecule has 2 aliphatic heterocycles. The number of benzene rings is 2. The average Bonchev–Trinajstić information content (AvgIpc) is 2.84. The summed E-state index contributed by atoms with van der Waals surface area (Å²) >= 11 is 0. The molecule has 3 unspecified atom stereocenters. The molecule has 5 nitrogen and oxygen atoms in total. The van der Waals surface area contributed by atoms with Crippen molar-refractivity contribution in [2.75, 3.05) is 19.7 Å². The number of nitrogens with zero attached hydrogens (tertiary/aromatic N) is 1. The highest BCUT2D eigenvalue weighted by atomic mass is 16.5. The fraction of sp³-hybridized carbons (Fsp3) is 0.536. The standard InChI is InChI=1S/C28H37NO4/c1-4-32-24-18-25(21-8-6-5-7-9-21)33-28(19-24)14-16-29(17-15-28)27(31)23-12-10-22(11-13-23)26(30)20(2)3/h5-13,20,24-26,30H,4,14-19H2,1-3H3. The summed E-state index contributed by atoms with van der Waals surface area (Å²) in [6.45, 7) is 8.07. The van der Waals surface area contributed by atoms with E-state index < -0.39 is 6.10 Å². The van der Waals surface area contributed by atoms with E-state index >= 15 is 0 Å². The minimum atomic E-state index is -0.511. The number of aliphatic hydroxyl groups excluding tert-OH is 1. The Labute approximate surface area is 197 Å². The van der Waals surface area contributed by atoms with Gasteiger partial charge in [-0.3, -0.25) is 4.79 Å². The van der Waals surface area contributed by atoms with Crippen LogP contribution in [-0.4, -0.2) is 47.3 Å². The summed E-state index contributed by atoms with van der Waals surface area (Å²) < 4.78 is 12.8. The quantitative estimate of drug-likeness (QED) is 0.647. The molecule has 2 heterocycles. The van der Waals surface area contributed by atoms with Crippen LogP contribution in [0.15, 0.2) is 54.6 Å². The highest BCUT2D eigenvalue weighted by molar-refractivity contribution is 5.94. The van der Waals surface area contributed by atoms with Crippen molar-refractivity contribution in [2.24, 2.45) is 5.92 Å². The van der Waals surface area contributed by atoms with E-state index in [9.17, 15) is 9.90 Å². The van der Waals surface area contributed by atoms with E-state index in [2.05, 4.69) is 24.3 Å². The number of rotatable bonds is 6. The average molecular weight is 452 g/mol. The minimum Gasteiger partial charge on any atom is -0.388 e. The van der Waals surface area contributed by atoms with Crippen LogP contribution < -0.4 is 0 Å². The van der Waals surface area contributed by atoms with Crippen molar-refractivity contribution in [2.45, 2.75) is 70.4 Å². The van der Waals surface area contributed by atoms with E-state index in [0.717, 1.165) is 31.2 Å². The Kier molecular flexibility index (Phi) is 7.52. The number of carbonyl (C=O) groups excluding carboxylic acids is 1. The lowest BCUT2D eigenvalue weighted by Gasteiger charge is -2.48. The summed E-state index contributed by atoms with van der Waals surface area (Å²) in [6.07, 6.45) is 3.08. The lowest BCUT2D eigenvalue weighted by Crippen LogP contribution is -2.52. The zero-order chi connectivity index (χ0) is 23.4. The molecule has 0 saturated carbocycles. The zero-order valence-electron chi connectivity index (χ0n) is 20.1. The maximum Gasteiger partial charge on any atom is 0.253 e. The normalized spacial score (nSPS) is 23.6. The maximum absolute atomic E-state index is 13.1. The highest BCUT2D eigenvalue weighted by Gasteiger charge is 2.45. The van der Waals surface area contributed by atoms with Crippen molar-refractivity contribution in [1.29, 1.82) is 0 Å². The van der Waals surface area contributed by atoms with Crippen LogP contribution in [0.2, 0.25) is 0 Å². The second-order valence-electron chi connectivity index (χ2n) is 9.82. The number of hydrogen-bond acceptors (Lipinski definition) is 4. The van der Waals surface area contributed by atoms with Crippen molar-refractivity contribution in [3.8, 4) is 0 Å². The Morgan fingerprint density at radius 3 is 2.39 bits per heavy atom. The fourth-order valence-corrected chi connectivity index (χ4v) is 5.20. The lowest BCUT2D eigenvalue weighted by atomic mass is 9.80. The van der Waals surface area contributed by atoms with Gasteiger partial charge in [0, 0.05) is 38.1 Å². The summed E-state index contributed by atoms with van der Waals surface area (Å²) in [4.78, 5) is 15.1. The summed E-state index contributed by atoms with van der Waals surface area (Å²) in [5, 5.41) is 10.3. The van der Waals surface area contributed by atoms with Gasteiger partial charge in [-0.05, 0) is 48.9 Å². The van der Waals surface area contributed by atoms with E-state index in [-0.39, 0.29) is 29.6 Å². The summed E-state index contributed by atoms with van der Waals surface area (Å²) in [5.74, 6) is 0.188. The molecule has 2 aromatic rings. The smallest absolute Gasteiger partial charge is 0.253 e. The first-order valence-corrected chi connectivity index (χ1v) is 12.3. The first-order valence-electron chi connectivity index (χ1n) is 12.3. The van der Waals surface area contributed by atoms with E-state index in [1.54, 1.807) is 0 Å². The summed E-state index contributed by atoms with van der Waals surface area (Å²) in [6, 6.07) is 17.8. The zero-order valence-corrected chi connectivity index (χ0v) is 20.1. The van der Waals surface area contributed by atoms with Crippen LogP contribution in [0.5, 0.6) is 0 Å². The number of aliphatic hydroxyl groups is 1. The molecule has 2 saturated heterocycles. The van der Waals surface area contributed by atoms with E-state index in [0.29, 0.717) is 25.3 Å². The molecule has 5 heteroatoms. The molecule has 2 aromatic carbocycles. The van der Waals surface area contributed by atoms with E-state index in [1.807, 2.05) is 56.0 Å².